The SMILES string of the molecule is CCNc1ncc(F)c(NCCCN2CCCC2)n1. The normalized spacial score (nSPS) is 15.7. The van der Waals surface area contributed by atoms with Crippen molar-refractivity contribution in [2.45, 2.75) is 26.2 Å². The molecule has 0 unspecified atom stereocenters. The fraction of sp³-hybridized carbons (Fsp3) is 0.692. The Labute approximate surface area is 113 Å². The Morgan fingerprint density at radius 3 is 2.84 bits per heavy atom. The standard InChI is InChI=1S/C13H22FN5/c1-2-15-13-17-10-11(14)12(18-13)16-6-5-9-19-7-3-4-8-19/h10H,2-9H2,1H3,(H2,15,16,17,18). The molecule has 19 heavy (non-hydrogen) atoms. The van der Waals surface area contributed by atoms with Crippen molar-refractivity contribution in [2.24, 2.45) is 0 Å². The average molecular weight is 267 g/mol. The summed E-state index contributed by atoms with van der Waals surface area (Å²) in [5.41, 5.74) is 0. The van der Waals surface area contributed by atoms with Crippen molar-refractivity contribution < 1.29 is 4.39 Å². The summed E-state index contributed by atoms with van der Waals surface area (Å²) in [5, 5.41) is 6.02. The Morgan fingerprint density at radius 2 is 2.11 bits per heavy atom. The van der Waals surface area contributed by atoms with E-state index in [4.69, 9.17) is 0 Å². The molecule has 2 rings (SSSR count). The molecule has 0 aliphatic carbocycles. The molecule has 1 fully saturated rings. The van der Waals surface area contributed by atoms with Crippen molar-refractivity contribution in [3.63, 3.8) is 0 Å². The monoisotopic (exact) mass is 267 g/mol. The minimum Gasteiger partial charge on any atom is -0.367 e. The lowest BCUT2D eigenvalue weighted by molar-refractivity contribution is 0.337. The number of hydrogen-bond donors (Lipinski definition) is 2. The fourth-order valence-corrected chi connectivity index (χ4v) is 2.25. The van der Waals surface area contributed by atoms with E-state index in [2.05, 4.69) is 25.5 Å². The van der Waals surface area contributed by atoms with Crippen molar-refractivity contribution in [2.75, 3.05) is 43.4 Å². The predicted molar refractivity (Wildman–Crippen MR) is 74.9 cm³/mol. The highest BCUT2D eigenvalue weighted by Gasteiger charge is 2.11. The topological polar surface area (TPSA) is 53.1 Å². The summed E-state index contributed by atoms with van der Waals surface area (Å²) in [6.07, 6.45) is 4.81. The van der Waals surface area contributed by atoms with E-state index in [0.717, 1.165) is 26.1 Å². The van der Waals surface area contributed by atoms with Gasteiger partial charge in [-0.15, -0.1) is 0 Å². The van der Waals surface area contributed by atoms with Gasteiger partial charge in [0.1, 0.15) is 0 Å². The van der Waals surface area contributed by atoms with E-state index in [1.807, 2.05) is 6.92 Å². The van der Waals surface area contributed by atoms with Crippen LogP contribution in [-0.4, -0.2) is 47.6 Å². The number of nitrogens with one attached hydrogen (secondary N) is 2. The molecule has 0 radical (unpaired) electrons. The van der Waals surface area contributed by atoms with Gasteiger partial charge in [-0.25, -0.2) is 9.37 Å². The van der Waals surface area contributed by atoms with Crippen LogP contribution in [0.5, 0.6) is 0 Å². The lowest BCUT2D eigenvalue weighted by Crippen LogP contribution is -2.22. The number of rotatable bonds is 7. The van der Waals surface area contributed by atoms with E-state index in [1.54, 1.807) is 0 Å². The molecule has 0 bridgehead atoms. The van der Waals surface area contributed by atoms with E-state index >= 15 is 0 Å². The number of halogens is 1. The van der Waals surface area contributed by atoms with Crippen LogP contribution in [0.25, 0.3) is 0 Å². The molecule has 2 heterocycles. The molecule has 6 heteroatoms. The second-order valence-electron chi connectivity index (χ2n) is 4.75. The van der Waals surface area contributed by atoms with Crippen LogP contribution >= 0.6 is 0 Å². The molecule has 1 aromatic heterocycles. The lowest BCUT2D eigenvalue weighted by atomic mass is 10.4. The van der Waals surface area contributed by atoms with E-state index in [1.165, 1.54) is 32.1 Å². The van der Waals surface area contributed by atoms with Crippen molar-refractivity contribution in [1.29, 1.82) is 0 Å². The second-order valence-corrected chi connectivity index (χ2v) is 4.75. The zero-order valence-electron chi connectivity index (χ0n) is 11.5. The Kier molecular flexibility index (Phi) is 5.32. The number of hydrogen-bond acceptors (Lipinski definition) is 5. The Balaban J connectivity index is 1.76. The minimum absolute atomic E-state index is 0.285. The van der Waals surface area contributed by atoms with Gasteiger partial charge in [0.05, 0.1) is 6.20 Å². The Hall–Kier alpha value is -1.43. The molecule has 5 nitrogen and oxygen atoms in total. The number of likely N-dealkylation sites (tertiary alicyclic amines) is 1. The molecular weight excluding hydrogens is 245 g/mol. The molecule has 1 saturated heterocycles. The van der Waals surface area contributed by atoms with Crippen LogP contribution in [0.3, 0.4) is 0 Å². The molecule has 0 aromatic carbocycles. The highest BCUT2D eigenvalue weighted by molar-refractivity contribution is 5.40. The first kappa shape index (κ1) is 14.0. The largest absolute Gasteiger partial charge is 0.367 e. The summed E-state index contributed by atoms with van der Waals surface area (Å²) >= 11 is 0. The highest BCUT2D eigenvalue weighted by Crippen LogP contribution is 2.12. The maximum Gasteiger partial charge on any atom is 0.224 e. The zero-order valence-corrected chi connectivity index (χ0v) is 11.5. The first-order valence-corrected chi connectivity index (χ1v) is 7.02. The van der Waals surface area contributed by atoms with Gasteiger partial charge in [-0.1, -0.05) is 0 Å². The molecule has 1 aromatic rings. The molecule has 106 valence electrons. The van der Waals surface area contributed by atoms with Crippen LogP contribution in [0.1, 0.15) is 26.2 Å². The van der Waals surface area contributed by atoms with Crippen LogP contribution in [0.2, 0.25) is 0 Å². The maximum absolute atomic E-state index is 13.5. The lowest BCUT2D eigenvalue weighted by Gasteiger charge is -2.14. The smallest absolute Gasteiger partial charge is 0.224 e. The Bertz CT molecular complexity index is 393. The number of anilines is 2. The van der Waals surface area contributed by atoms with Crippen LogP contribution < -0.4 is 10.6 Å². The molecule has 0 atom stereocenters. The second kappa shape index (κ2) is 7.23. The summed E-state index contributed by atoms with van der Waals surface area (Å²) in [7, 11) is 0. The maximum atomic E-state index is 13.5. The highest BCUT2D eigenvalue weighted by atomic mass is 19.1. The predicted octanol–water partition coefficient (Wildman–Crippen LogP) is 1.95. The first-order valence-electron chi connectivity index (χ1n) is 7.02. The third-order valence-electron chi connectivity index (χ3n) is 3.22. The van der Waals surface area contributed by atoms with Crippen LogP contribution in [0, 0.1) is 5.82 Å². The summed E-state index contributed by atoms with van der Waals surface area (Å²) in [6.45, 7) is 6.88. The molecule has 0 saturated carbocycles. The number of aromatic nitrogens is 2. The van der Waals surface area contributed by atoms with Crippen molar-refractivity contribution in [3.8, 4) is 0 Å². The number of nitrogens with zero attached hydrogens (tertiary/aromatic N) is 3. The molecular formula is C13H22FN5. The molecule has 1 aliphatic heterocycles. The van der Waals surface area contributed by atoms with Gasteiger partial charge >= 0.3 is 0 Å². The van der Waals surface area contributed by atoms with Gasteiger partial charge in [0.15, 0.2) is 11.6 Å². The molecule has 2 N–H and O–H groups in total. The van der Waals surface area contributed by atoms with E-state index in [9.17, 15) is 4.39 Å². The van der Waals surface area contributed by atoms with Crippen LogP contribution in [0.4, 0.5) is 16.2 Å². The van der Waals surface area contributed by atoms with Gasteiger partial charge in [-0.3, -0.25) is 0 Å². The van der Waals surface area contributed by atoms with Crippen molar-refractivity contribution >= 4 is 11.8 Å². The van der Waals surface area contributed by atoms with Crippen LogP contribution in [-0.2, 0) is 0 Å². The molecule has 1 aliphatic rings. The molecule has 0 amide bonds. The first-order chi connectivity index (χ1) is 9.29. The van der Waals surface area contributed by atoms with E-state index in [-0.39, 0.29) is 5.82 Å². The summed E-state index contributed by atoms with van der Waals surface area (Å²) in [4.78, 5) is 10.4. The minimum atomic E-state index is -0.400. The molecule has 0 spiro atoms. The van der Waals surface area contributed by atoms with Gasteiger partial charge in [0.2, 0.25) is 5.95 Å². The van der Waals surface area contributed by atoms with Gasteiger partial charge in [-0.2, -0.15) is 4.98 Å². The van der Waals surface area contributed by atoms with Gasteiger partial charge < -0.3 is 15.5 Å². The fourth-order valence-electron chi connectivity index (χ4n) is 2.25. The van der Waals surface area contributed by atoms with Gasteiger partial charge in [0, 0.05) is 13.1 Å². The van der Waals surface area contributed by atoms with Gasteiger partial charge in [0.25, 0.3) is 0 Å². The third-order valence-corrected chi connectivity index (χ3v) is 3.22. The quantitative estimate of drug-likeness (QED) is 0.740. The van der Waals surface area contributed by atoms with Crippen molar-refractivity contribution in [3.05, 3.63) is 12.0 Å². The van der Waals surface area contributed by atoms with E-state index < -0.39 is 5.82 Å². The van der Waals surface area contributed by atoms with Crippen LogP contribution in [0.15, 0.2) is 6.20 Å². The van der Waals surface area contributed by atoms with Crippen molar-refractivity contribution in [1.82, 2.24) is 14.9 Å². The van der Waals surface area contributed by atoms with Gasteiger partial charge in [-0.05, 0) is 45.8 Å². The third kappa shape index (κ3) is 4.31. The summed E-state index contributed by atoms with van der Waals surface area (Å²) < 4.78 is 13.5. The summed E-state index contributed by atoms with van der Waals surface area (Å²) in [6, 6.07) is 0. The van der Waals surface area contributed by atoms with E-state index in [0.29, 0.717) is 5.95 Å². The Morgan fingerprint density at radius 1 is 1.32 bits per heavy atom. The average Bonchev–Trinajstić information content (AvgIpc) is 2.91. The summed E-state index contributed by atoms with van der Waals surface area (Å²) in [5.74, 6) is 0.348. The zero-order chi connectivity index (χ0) is 13.5.